The molecule has 1 amide bonds. The molecule has 0 aromatic heterocycles. The number of nitrogens with zero attached hydrogens (tertiary/aromatic N) is 1. The predicted molar refractivity (Wildman–Crippen MR) is 66.1 cm³/mol. The second kappa shape index (κ2) is 6.15. The smallest absolute Gasteiger partial charge is 0.306 e. The molecule has 1 saturated heterocycles. The molecule has 1 aliphatic rings. The zero-order chi connectivity index (χ0) is 13.8. The number of carboxylic acid groups (broad SMARTS) is 1. The number of ether oxygens (including phenoxy) is 1. The van der Waals surface area contributed by atoms with Gasteiger partial charge in [0.15, 0.2) is 0 Å². The molecule has 1 aliphatic heterocycles. The van der Waals surface area contributed by atoms with Gasteiger partial charge in [-0.1, -0.05) is 0 Å². The minimum atomic E-state index is -0.905. The number of aliphatic carboxylic acids is 1. The van der Waals surface area contributed by atoms with Crippen LogP contribution < -0.4 is 5.73 Å². The summed E-state index contributed by atoms with van der Waals surface area (Å²) in [7, 11) is 0. The molecule has 0 aliphatic carbocycles. The fourth-order valence-corrected chi connectivity index (χ4v) is 1.85. The summed E-state index contributed by atoms with van der Waals surface area (Å²) in [6.45, 7) is 5.05. The summed E-state index contributed by atoms with van der Waals surface area (Å²) in [6.07, 6.45) is 0.550. The van der Waals surface area contributed by atoms with E-state index in [9.17, 15) is 9.59 Å². The van der Waals surface area contributed by atoms with E-state index in [0.717, 1.165) is 0 Å². The van der Waals surface area contributed by atoms with Gasteiger partial charge in [0.1, 0.15) is 0 Å². The lowest BCUT2D eigenvalue weighted by molar-refractivity contribution is -0.147. The molecule has 1 heterocycles. The summed E-state index contributed by atoms with van der Waals surface area (Å²) in [6, 6.07) is 0. The average Bonchev–Trinajstić information content (AvgIpc) is 2.24. The van der Waals surface area contributed by atoms with Gasteiger partial charge in [0.2, 0.25) is 5.91 Å². The van der Waals surface area contributed by atoms with Crippen molar-refractivity contribution >= 4 is 11.9 Å². The first-order valence-electron chi connectivity index (χ1n) is 6.18. The molecule has 0 saturated carbocycles. The maximum absolute atomic E-state index is 11.9. The third kappa shape index (κ3) is 5.46. The lowest BCUT2D eigenvalue weighted by Crippen LogP contribution is -2.46. The van der Waals surface area contributed by atoms with Crippen molar-refractivity contribution in [3.05, 3.63) is 0 Å². The molecule has 0 aromatic carbocycles. The number of carbonyl (C=O) groups is 2. The quantitative estimate of drug-likeness (QED) is 0.735. The van der Waals surface area contributed by atoms with Crippen LogP contribution in [0.15, 0.2) is 0 Å². The van der Waals surface area contributed by atoms with Crippen LogP contribution >= 0.6 is 0 Å². The minimum Gasteiger partial charge on any atom is -0.481 e. The second-order valence-electron chi connectivity index (χ2n) is 5.42. The van der Waals surface area contributed by atoms with Crippen molar-refractivity contribution in [3.8, 4) is 0 Å². The second-order valence-corrected chi connectivity index (χ2v) is 5.42. The molecule has 0 radical (unpaired) electrons. The number of carbonyl (C=O) groups excluding carboxylic acids is 1. The zero-order valence-electron chi connectivity index (χ0n) is 11.0. The van der Waals surface area contributed by atoms with Crippen molar-refractivity contribution in [1.29, 1.82) is 0 Å². The first-order chi connectivity index (χ1) is 8.28. The van der Waals surface area contributed by atoms with Crippen molar-refractivity contribution in [3.63, 3.8) is 0 Å². The maximum atomic E-state index is 11.9. The molecule has 104 valence electrons. The van der Waals surface area contributed by atoms with Crippen LogP contribution in [0.2, 0.25) is 0 Å². The van der Waals surface area contributed by atoms with Gasteiger partial charge in [-0.3, -0.25) is 9.59 Å². The summed E-state index contributed by atoms with van der Waals surface area (Å²) in [5.74, 6) is -0.885. The van der Waals surface area contributed by atoms with E-state index in [0.29, 0.717) is 32.5 Å². The highest BCUT2D eigenvalue weighted by Crippen LogP contribution is 2.13. The number of carboxylic acids is 1. The van der Waals surface area contributed by atoms with Gasteiger partial charge in [0.25, 0.3) is 0 Å². The number of morpholine rings is 1. The van der Waals surface area contributed by atoms with Gasteiger partial charge in [0.05, 0.1) is 19.1 Å². The van der Waals surface area contributed by atoms with Crippen molar-refractivity contribution in [2.45, 2.75) is 44.8 Å². The molecule has 1 unspecified atom stereocenters. The molecule has 3 N–H and O–H groups in total. The van der Waals surface area contributed by atoms with Crippen LogP contribution in [-0.2, 0) is 14.3 Å². The van der Waals surface area contributed by atoms with Crippen molar-refractivity contribution in [2.75, 3.05) is 19.7 Å². The van der Waals surface area contributed by atoms with Gasteiger partial charge in [-0.05, 0) is 20.3 Å². The molecule has 6 heteroatoms. The predicted octanol–water partition coefficient (Wildman–Crippen LogP) is 0.206. The average molecular weight is 258 g/mol. The Morgan fingerprint density at radius 1 is 1.50 bits per heavy atom. The number of nitrogens with two attached hydrogens (primary N) is 1. The first kappa shape index (κ1) is 14.9. The summed E-state index contributed by atoms with van der Waals surface area (Å²) >= 11 is 0. The summed E-state index contributed by atoms with van der Waals surface area (Å²) in [4.78, 5) is 24.2. The molecule has 1 fully saturated rings. The number of rotatable bonds is 5. The molecule has 0 spiro atoms. The van der Waals surface area contributed by atoms with E-state index in [-0.39, 0.29) is 17.9 Å². The van der Waals surface area contributed by atoms with Crippen LogP contribution in [0.5, 0.6) is 0 Å². The first-order valence-corrected chi connectivity index (χ1v) is 6.18. The van der Waals surface area contributed by atoms with Gasteiger partial charge in [-0.15, -0.1) is 0 Å². The molecule has 6 nitrogen and oxygen atoms in total. The molecule has 0 aromatic rings. The Labute approximate surface area is 107 Å². The van der Waals surface area contributed by atoms with Crippen LogP contribution in [-0.4, -0.2) is 53.2 Å². The summed E-state index contributed by atoms with van der Waals surface area (Å²) < 4.78 is 5.32. The fraction of sp³-hybridized carbons (Fsp3) is 0.833. The third-order valence-corrected chi connectivity index (χ3v) is 2.88. The topological polar surface area (TPSA) is 92.9 Å². The lowest BCUT2D eigenvalue weighted by atomic mass is 9.99. The standard InChI is InChI=1S/C12H22N2O4/c1-12(2,13)4-3-10(15)14-5-6-18-9(8-14)7-11(16)17/h9H,3-8,13H2,1-2H3,(H,16,17). The zero-order valence-corrected chi connectivity index (χ0v) is 11.0. The van der Waals surface area contributed by atoms with E-state index in [4.69, 9.17) is 15.6 Å². The van der Waals surface area contributed by atoms with E-state index < -0.39 is 12.1 Å². The summed E-state index contributed by atoms with van der Waals surface area (Å²) in [5.41, 5.74) is 5.47. The lowest BCUT2D eigenvalue weighted by Gasteiger charge is -2.33. The van der Waals surface area contributed by atoms with Crippen LogP contribution in [0.25, 0.3) is 0 Å². The highest BCUT2D eigenvalue weighted by molar-refractivity contribution is 5.76. The van der Waals surface area contributed by atoms with Gasteiger partial charge < -0.3 is 20.5 Å². The summed E-state index contributed by atoms with van der Waals surface area (Å²) in [5, 5.41) is 8.70. The maximum Gasteiger partial charge on any atom is 0.306 e. The van der Waals surface area contributed by atoms with Crippen molar-refractivity contribution in [2.24, 2.45) is 5.73 Å². The van der Waals surface area contributed by atoms with E-state index >= 15 is 0 Å². The Bertz CT molecular complexity index is 312. The molecule has 1 rings (SSSR count). The SMILES string of the molecule is CC(C)(N)CCC(=O)N1CCOC(CC(=O)O)C1. The van der Waals surface area contributed by atoms with Crippen LogP contribution in [0.1, 0.15) is 33.1 Å². The van der Waals surface area contributed by atoms with Gasteiger partial charge in [-0.2, -0.15) is 0 Å². The third-order valence-electron chi connectivity index (χ3n) is 2.88. The van der Waals surface area contributed by atoms with Crippen LogP contribution in [0.3, 0.4) is 0 Å². The molecule has 1 atom stereocenters. The Balaban J connectivity index is 2.41. The van der Waals surface area contributed by atoms with Gasteiger partial charge >= 0.3 is 5.97 Å². The molecule has 0 bridgehead atoms. The monoisotopic (exact) mass is 258 g/mol. The van der Waals surface area contributed by atoms with Crippen molar-refractivity contribution in [1.82, 2.24) is 4.90 Å². The van der Waals surface area contributed by atoms with Crippen LogP contribution in [0.4, 0.5) is 0 Å². The minimum absolute atomic E-state index is 0.0206. The van der Waals surface area contributed by atoms with Crippen molar-refractivity contribution < 1.29 is 19.4 Å². The molecular formula is C12H22N2O4. The molecule has 18 heavy (non-hydrogen) atoms. The van der Waals surface area contributed by atoms with E-state index in [1.54, 1.807) is 4.90 Å². The van der Waals surface area contributed by atoms with Crippen LogP contribution in [0, 0.1) is 0 Å². The number of amides is 1. The Morgan fingerprint density at radius 3 is 2.72 bits per heavy atom. The Morgan fingerprint density at radius 2 is 2.17 bits per heavy atom. The van der Waals surface area contributed by atoms with Gasteiger partial charge in [-0.25, -0.2) is 0 Å². The number of hydrogen-bond acceptors (Lipinski definition) is 4. The molecular weight excluding hydrogens is 236 g/mol. The van der Waals surface area contributed by atoms with Gasteiger partial charge in [0, 0.05) is 25.0 Å². The Hall–Kier alpha value is -1.14. The fourth-order valence-electron chi connectivity index (χ4n) is 1.85. The number of hydrogen-bond donors (Lipinski definition) is 2. The van der Waals surface area contributed by atoms with E-state index in [2.05, 4.69) is 0 Å². The van der Waals surface area contributed by atoms with E-state index in [1.165, 1.54) is 0 Å². The van der Waals surface area contributed by atoms with E-state index in [1.807, 2.05) is 13.8 Å². The highest BCUT2D eigenvalue weighted by atomic mass is 16.5. The Kier molecular flexibility index (Phi) is 5.10. The largest absolute Gasteiger partial charge is 0.481 e. The highest BCUT2D eigenvalue weighted by Gasteiger charge is 2.26. The normalized spacial score (nSPS) is 20.8.